The SMILES string of the molecule is Cn1c(=O)c2ccc(C(=O)Oc3ccc(-c4ccc(C#N)cc4)cc3)nc2n(C)c1=O. The zero-order valence-corrected chi connectivity index (χ0v) is 16.7. The summed E-state index contributed by atoms with van der Waals surface area (Å²) in [5.41, 5.74) is 1.48. The van der Waals surface area contributed by atoms with E-state index in [1.54, 1.807) is 36.4 Å². The highest BCUT2D eigenvalue weighted by Crippen LogP contribution is 2.23. The Morgan fingerprint density at radius 3 is 2.13 bits per heavy atom. The Morgan fingerprint density at radius 2 is 1.52 bits per heavy atom. The van der Waals surface area contributed by atoms with Crippen LogP contribution in [0.4, 0.5) is 0 Å². The van der Waals surface area contributed by atoms with Crippen molar-refractivity contribution < 1.29 is 9.53 Å². The molecule has 0 unspecified atom stereocenters. The average molecular weight is 412 g/mol. The maximum Gasteiger partial charge on any atom is 0.362 e. The normalized spacial score (nSPS) is 10.6. The molecule has 0 fully saturated rings. The molecule has 0 bridgehead atoms. The Balaban J connectivity index is 1.59. The molecule has 4 aromatic rings. The van der Waals surface area contributed by atoms with Gasteiger partial charge >= 0.3 is 11.7 Å². The van der Waals surface area contributed by atoms with Crippen LogP contribution in [0.1, 0.15) is 16.1 Å². The second kappa shape index (κ2) is 7.72. The zero-order chi connectivity index (χ0) is 22.1. The molecular formula is C23H16N4O4. The maximum absolute atomic E-state index is 12.5. The number of carbonyl (C=O) groups excluding carboxylic acids is 1. The number of ether oxygens (including phenoxy) is 1. The molecule has 0 amide bonds. The summed E-state index contributed by atoms with van der Waals surface area (Å²) in [5, 5.41) is 9.12. The molecule has 0 N–H and O–H groups in total. The zero-order valence-electron chi connectivity index (χ0n) is 16.7. The van der Waals surface area contributed by atoms with E-state index in [-0.39, 0.29) is 16.7 Å². The minimum absolute atomic E-state index is 0.0214. The van der Waals surface area contributed by atoms with Crippen LogP contribution in [0.15, 0.2) is 70.3 Å². The predicted molar refractivity (Wildman–Crippen MR) is 114 cm³/mol. The summed E-state index contributed by atoms with van der Waals surface area (Å²) in [7, 11) is 2.86. The molecule has 0 radical (unpaired) electrons. The fourth-order valence-corrected chi connectivity index (χ4v) is 3.18. The van der Waals surface area contributed by atoms with Gasteiger partial charge in [-0.2, -0.15) is 5.26 Å². The van der Waals surface area contributed by atoms with Gasteiger partial charge in [0.25, 0.3) is 5.56 Å². The van der Waals surface area contributed by atoms with Crippen LogP contribution in [0.5, 0.6) is 5.75 Å². The molecular weight excluding hydrogens is 396 g/mol. The minimum atomic E-state index is -0.707. The van der Waals surface area contributed by atoms with Gasteiger partial charge in [-0.1, -0.05) is 24.3 Å². The summed E-state index contributed by atoms with van der Waals surface area (Å²) >= 11 is 0. The number of fused-ring (bicyclic) bond motifs is 1. The Bertz CT molecular complexity index is 1470. The van der Waals surface area contributed by atoms with Gasteiger partial charge in [0, 0.05) is 14.1 Å². The van der Waals surface area contributed by atoms with Gasteiger partial charge in [-0.05, 0) is 47.5 Å². The highest BCUT2D eigenvalue weighted by molar-refractivity contribution is 5.91. The number of nitriles is 1. The first-order chi connectivity index (χ1) is 14.9. The highest BCUT2D eigenvalue weighted by Gasteiger charge is 2.15. The van der Waals surface area contributed by atoms with Crippen molar-refractivity contribution in [3.8, 4) is 22.9 Å². The van der Waals surface area contributed by atoms with Crippen molar-refractivity contribution in [3.63, 3.8) is 0 Å². The maximum atomic E-state index is 12.5. The smallest absolute Gasteiger partial charge is 0.362 e. The first kappa shape index (κ1) is 19.8. The van der Waals surface area contributed by atoms with Crippen molar-refractivity contribution in [2.75, 3.05) is 0 Å². The molecule has 0 aliphatic rings. The van der Waals surface area contributed by atoms with E-state index in [0.717, 1.165) is 15.7 Å². The lowest BCUT2D eigenvalue weighted by molar-refractivity contribution is 0.0729. The molecule has 2 aromatic heterocycles. The number of hydrogen-bond donors (Lipinski definition) is 0. The molecule has 0 saturated carbocycles. The van der Waals surface area contributed by atoms with Gasteiger partial charge < -0.3 is 4.74 Å². The largest absolute Gasteiger partial charge is 0.422 e. The average Bonchev–Trinajstić information content (AvgIpc) is 2.81. The van der Waals surface area contributed by atoms with Crippen molar-refractivity contribution in [3.05, 3.63) is 92.8 Å². The number of rotatable bonds is 3. The predicted octanol–water partition coefficient (Wildman–Crippen LogP) is 2.39. The van der Waals surface area contributed by atoms with Crippen LogP contribution in [-0.4, -0.2) is 20.1 Å². The molecule has 0 aliphatic heterocycles. The molecule has 0 atom stereocenters. The Morgan fingerprint density at radius 1 is 0.903 bits per heavy atom. The van der Waals surface area contributed by atoms with E-state index in [9.17, 15) is 14.4 Å². The molecule has 2 heterocycles. The molecule has 152 valence electrons. The first-order valence-corrected chi connectivity index (χ1v) is 9.28. The second-order valence-corrected chi connectivity index (χ2v) is 6.88. The van der Waals surface area contributed by atoms with Crippen molar-refractivity contribution >= 4 is 17.0 Å². The number of esters is 1. The summed E-state index contributed by atoms with van der Waals surface area (Å²) < 4.78 is 7.58. The van der Waals surface area contributed by atoms with Crippen LogP contribution in [0, 0.1) is 11.3 Å². The monoisotopic (exact) mass is 412 g/mol. The lowest BCUT2D eigenvalue weighted by Crippen LogP contribution is -2.37. The third-order valence-corrected chi connectivity index (χ3v) is 4.92. The van der Waals surface area contributed by atoms with Gasteiger partial charge in [0.2, 0.25) is 0 Å². The lowest BCUT2D eigenvalue weighted by Gasteiger charge is -2.09. The number of nitrogens with zero attached hydrogens (tertiary/aromatic N) is 4. The number of carbonyl (C=O) groups is 1. The quantitative estimate of drug-likeness (QED) is 0.378. The lowest BCUT2D eigenvalue weighted by atomic mass is 10.0. The molecule has 4 rings (SSSR count). The summed E-state index contributed by atoms with van der Waals surface area (Å²) in [5.74, 6) is -0.386. The number of aromatic nitrogens is 3. The van der Waals surface area contributed by atoms with E-state index in [4.69, 9.17) is 10.00 Å². The standard InChI is InChI=1S/C23H16N4O4/c1-26-20-18(21(28)27(2)23(26)30)11-12-19(25-20)22(29)31-17-9-7-16(8-10-17)15-5-3-14(13-24)4-6-15/h3-12H,1-2H3. The molecule has 2 aromatic carbocycles. The summed E-state index contributed by atoms with van der Waals surface area (Å²) in [6.07, 6.45) is 0. The van der Waals surface area contributed by atoms with Crippen molar-refractivity contribution in [2.24, 2.45) is 14.1 Å². The second-order valence-electron chi connectivity index (χ2n) is 6.88. The fraction of sp³-hybridized carbons (Fsp3) is 0.0870. The van der Waals surface area contributed by atoms with Crippen LogP contribution in [0.3, 0.4) is 0 Å². The van der Waals surface area contributed by atoms with Crippen LogP contribution >= 0.6 is 0 Å². The van der Waals surface area contributed by atoms with Crippen LogP contribution < -0.4 is 16.0 Å². The third kappa shape index (κ3) is 3.60. The Hall–Kier alpha value is -4.51. The Labute approximate surface area is 176 Å². The topological polar surface area (TPSA) is 107 Å². The first-order valence-electron chi connectivity index (χ1n) is 9.28. The summed E-state index contributed by atoms with van der Waals surface area (Å²) in [6.45, 7) is 0. The van der Waals surface area contributed by atoms with Crippen LogP contribution in [0.2, 0.25) is 0 Å². The van der Waals surface area contributed by atoms with E-state index in [0.29, 0.717) is 11.3 Å². The van der Waals surface area contributed by atoms with Crippen molar-refractivity contribution in [1.82, 2.24) is 14.1 Å². The summed E-state index contributed by atoms with van der Waals surface area (Å²) in [4.78, 5) is 41.1. The van der Waals surface area contributed by atoms with E-state index < -0.39 is 17.2 Å². The molecule has 31 heavy (non-hydrogen) atoms. The van der Waals surface area contributed by atoms with E-state index in [1.165, 1.54) is 30.8 Å². The van der Waals surface area contributed by atoms with Gasteiger partial charge in [0.1, 0.15) is 11.4 Å². The van der Waals surface area contributed by atoms with E-state index >= 15 is 0 Å². The van der Waals surface area contributed by atoms with E-state index in [2.05, 4.69) is 11.1 Å². The highest BCUT2D eigenvalue weighted by atomic mass is 16.5. The van der Waals surface area contributed by atoms with E-state index in [1.807, 2.05) is 12.1 Å². The van der Waals surface area contributed by atoms with Gasteiger partial charge in [-0.3, -0.25) is 13.9 Å². The number of benzene rings is 2. The van der Waals surface area contributed by atoms with Crippen LogP contribution in [0.25, 0.3) is 22.2 Å². The fourth-order valence-electron chi connectivity index (χ4n) is 3.18. The molecule has 0 spiro atoms. The molecule has 8 heteroatoms. The molecule has 8 nitrogen and oxygen atoms in total. The van der Waals surface area contributed by atoms with Crippen LogP contribution in [-0.2, 0) is 14.1 Å². The third-order valence-electron chi connectivity index (χ3n) is 4.92. The van der Waals surface area contributed by atoms with Crippen molar-refractivity contribution in [1.29, 1.82) is 5.26 Å². The van der Waals surface area contributed by atoms with Gasteiger partial charge in [-0.25, -0.2) is 14.6 Å². The minimum Gasteiger partial charge on any atom is -0.422 e. The van der Waals surface area contributed by atoms with Gasteiger partial charge in [0.05, 0.1) is 17.0 Å². The number of pyridine rings is 1. The van der Waals surface area contributed by atoms with Crippen molar-refractivity contribution in [2.45, 2.75) is 0 Å². The van der Waals surface area contributed by atoms with Gasteiger partial charge in [-0.15, -0.1) is 0 Å². The molecule has 0 aliphatic carbocycles. The molecule has 0 saturated heterocycles. The summed E-state index contributed by atoms with van der Waals surface area (Å²) in [6, 6.07) is 19.0. The Kier molecular flexibility index (Phi) is 4.93. The number of hydrogen-bond acceptors (Lipinski definition) is 6. The van der Waals surface area contributed by atoms with Gasteiger partial charge in [0.15, 0.2) is 5.69 Å². The number of aryl methyl sites for hydroxylation is 1.